The first-order valence-electron chi connectivity index (χ1n) is 6.10. The van der Waals surface area contributed by atoms with Gasteiger partial charge in [0.15, 0.2) is 0 Å². The van der Waals surface area contributed by atoms with E-state index in [1.54, 1.807) is 24.3 Å². The molecule has 0 radical (unpaired) electrons. The highest BCUT2D eigenvalue weighted by Crippen LogP contribution is 2.48. The van der Waals surface area contributed by atoms with E-state index >= 15 is 0 Å². The highest BCUT2D eigenvalue weighted by molar-refractivity contribution is 7.89. The number of benzene rings is 1. The molecule has 0 aromatic heterocycles. The lowest BCUT2D eigenvalue weighted by atomic mass is 10.1. The van der Waals surface area contributed by atoms with Crippen molar-refractivity contribution < 1.29 is 8.42 Å². The van der Waals surface area contributed by atoms with Gasteiger partial charge in [0.2, 0.25) is 10.0 Å². The van der Waals surface area contributed by atoms with Crippen LogP contribution in [0.2, 0.25) is 0 Å². The number of rotatable bonds is 6. The van der Waals surface area contributed by atoms with E-state index in [1.165, 1.54) is 0 Å². The van der Waals surface area contributed by atoms with Crippen LogP contribution in [0.4, 0.5) is 0 Å². The maximum Gasteiger partial charge on any atom is 0.240 e. The Morgan fingerprint density at radius 3 is 2.39 bits per heavy atom. The van der Waals surface area contributed by atoms with Crippen LogP contribution in [0.3, 0.4) is 0 Å². The van der Waals surface area contributed by atoms with Crippen molar-refractivity contribution in [3.63, 3.8) is 0 Å². The molecule has 1 fully saturated rings. The smallest absolute Gasteiger partial charge is 0.211 e. The Morgan fingerprint density at radius 1 is 1.28 bits per heavy atom. The minimum absolute atomic E-state index is 0.111. The molecular formula is C13H18ClNO2S. The van der Waals surface area contributed by atoms with Gasteiger partial charge in [-0.15, -0.1) is 11.6 Å². The van der Waals surface area contributed by atoms with E-state index in [1.807, 2.05) is 6.92 Å². The maximum absolute atomic E-state index is 12.1. The predicted molar refractivity (Wildman–Crippen MR) is 73.4 cm³/mol. The zero-order valence-corrected chi connectivity index (χ0v) is 12.0. The van der Waals surface area contributed by atoms with Crippen LogP contribution in [0.25, 0.3) is 0 Å². The molecule has 18 heavy (non-hydrogen) atoms. The molecule has 0 saturated heterocycles. The number of nitrogens with one attached hydrogen (secondary N) is 1. The third-order valence-electron chi connectivity index (χ3n) is 3.55. The quantitative estimate of drug-likeness (QED) is 0.818. The second kappa shape index (κ2) is 5.19. The Balaban J connectivity index is 2.02. The Morgan fingerprint density at radius 2 is 1.89 bits per heavy atom. The average molecular weight is 288 g/mol. The van der Waals surface area contributed by atoms with Crippen molar-refractivity contribution in [2.24, 2.45) is 5.41 Å². The molecule has 3 nitrogen and oxygen atoms in total. The second-order valence-corrected chi connectivity index (χ2v) is 7.22. The van der Waals surface area contributed by atoms with Crippen molar-refractivity contribution in [3.05, 3.63) is 29.8 Å². The van der Waals surface area contributed by atoms with Gasteiger partial charge in [-0.25, -0.2) is 13.1 Å². The van der Waals surface area contributed by atoms with Crippen molar-refractivity contribution in [2.45, 2.75) is 31.1 Å². The van der Waals surface area contributed by atoms with E-state index in [0.29, 0.717) is 17.3 Å². The number of hydrogen-bond donors (Lipinski definition) is 1. The summed E-state index contributed by atoms with van der Waals surface area (Å²) in [5.74, 6) is 0.590. The zero-order valence-electron chi connectivity index (χ0n) is 10.4. The van der Waals surface area contributed by atoms with Crippen molar-refractivity contribution in [1.29, 1.82) is 0 Å². The molecule has 0 aliphatic heterocycles. The van der Waals surface area contributed by atoms with Crippen LogP contribution >= 0.6 is 11.6 Å². The normalized spacial score (nSPS) is 17.7. The molecular weight excluding hydrogens is 270 g/mol. The fourth-order valence-corrected chi connectivity index (χ4v) is 3.50. The Hall–Kier alpha value is -0.580. The molecule has 2 rings (SSSR count). The molecule has 0 spiro atoms. The van der Waals surface area contributed by atoms with Gasteiger partial charge in [0.05, 0.1) is 4.90 Å². The Labute approximate surface area is 114 Å². The van der Waals surface area contributed by atoms with Crippen LogP contribution in [-0.4, -0.2) is 20.8 Å². The van der Waals surface area contributed by atoms with Crippen molar-refractivity contribution in [2.75, 3.05) is 12.4 Å². The molecule has 1 saturated carbocycles. The maximum atomic E-state index is 12.1. The first kappa shape index (κ1) is 13.8. The van der Waals surface area contributed by atoms with Crippen molar-refractivity contribution >= 4 is 21.6 Å². The second-order valence-electron chi connectivity index (χ2n) is 5.08. The van der Waals surface area contributed by atoms with Gasteiger partial charge in [0.25, 0.3) is 0 Å². The Bertz CT molecular complexity index is 506. The van der Waals surface area contributed by atoms with Crippen molar-refractivity contribution in [3.8, 4) is 0 Å². The highest BCUT2D eigenvalue weighted by atomic mass is 35.5. The number of halogens is 1. The van der Waals surface area contributed by atoms with E-state index in [2.05, 4.69) is 4.72 Å². The van der Waals surface area contributed by atoms with Gasteiger partial charge in [0.1, 0.15) is 0 Å². The summed E-state index contributed by atoms with van der Waals surface area (Å²) in [5, 5.41) is 0. The van der Waals surface area contributed by atoms with Gasteiger partial charge in [-0.05, 0) is 43.7 Å². The highest BCUT2D eigenvalue weighted by Gasteiger charge is 2.42. The summed E-state index contributed by atoms with van der Waals surface area (Å²) in [5.41, 5.74) is 1.16. The van der Waals surface area contributed by atoms with Gasteiger partial charge in [-0.2, -0.15) is 0 Å². The Kier molecular flexibility index (Phi) is 3.99. The SMILES string of the molecule is Cc1ccc(S(=O)(=O)NCC2(CCCl)CC2)cc1. The fourth-order valence-electron chi connectivity index (χ4n) is 1.94. The van der Waals surface area contributed by atoms with Crippen molar-refractivity contribution in [1.82, 2.24) is 4.72 Å². The summed E-state index contributed by atoms with van der Waals surface area (Å²) < 4.78 is 26.9. The van der Waals surface area contributed by atoms with Gasteiger partial charge in [0, 0.05) is 12.4 Å². The average Bonchev–Trinajstić information content (AvgIpc) is 3.08. The predicted octanol–water partition coefficient (Wildman–Crippen LogP) is 2.68. The van der Waals surface area contributed by atoms with Crippen LogP contribution in [-0.2, 0) is 10.0 Å². The topological polar surface area (TPSA) is 46.2 Å². The number of alkyl halides is 1. The molecule has 5 heteroatoms. The number of hydrogen-bond acceptors (Lipinski definition) is 2. The lowest BCUT2D eigenvalue weighted by Crippen LogP contribution is -2.30. The van der Waals surface area contributed by atoms with Crippen LogP contribution in [0.1, 0.15) is 24.8 Å². The van der Waals surface area contributed by atoms with Gasteiger partial charge < -0.3 is 0 Å². The monoisotopic (exact) mass is 287 g/mol. The minimum Gasteiger partial charge on any atom is -0.211 e. The van der Waals surface area contributed by atoms with Crippen LogP contribution in [0, 0.1) is 12.3 Å². The van der Waals surface area contributed by atoms with Crippen LogP contribution in [0.15, 0.2) is 29.2 Å². The van der Waals surface area contributed by atoms with Gasteiger partial charge in [-0.3, -0.25) is 0 Å². The van der Waals surface area contributed by atoms with E-state index in [4.69, 9.17) is 11.6 Å². The zero-order chi connectivity index (χ0) is 13.2. The van der Waals surface area contributed by atoms with Gasteiger partial charge in [-0.1, -0.05) is 17.7 Å². The fraction of sp³-hybridized carbons (Fsp3) is 0.538. The van der Waals surface area contributed by atoms with E-state index in [-0.39, 0.29) is 5.41 Å². The lowest BCUT2D eigenvalue weighted by molar-refractivity contribution is 0.478. The molecule has 0 bridgehead atoms. The van der Waals surface area contributed by atoms with E-state index < -0.39 is 10.0 Å². The van der Waals surface area contributed by atoms with E-state index in [0.717, 1.165) is 24.8 Å². The number of aryl methyl sites for hydroxylation is 1. The molecule has 0 unspecified atom stereocenters. The summed E-state index contributed by atoms with van der Waals surface area (Å²) in [7, 11) is -3.38. The molecule has 1 N–H and O–H groups in total. The summed E-state index contributed by atoms with van der Waals surface area (Å²) in [4.78, 5) is 0.328. The largest absolute Gasteiger partial charge is 0.240 e. The summed E-state index contributed by atoms with van der Waals surface area (Å²) >= 11 is 5.73. The third kappa shape index (κ3) is 3.25. The standard InChI is InChI=1S/C13H18ClNO2S/c1-11-2-4-12(5-3-11)18(16,17)15-10-13(6-7-13)8-9-14/h2-5,15H,6-10H2,1H3. The molecule has 0 heterocycles. The van der Waals surface area contributed by atoms with Crippen LogP contribution in [0.5, 0.6) is 0 Å². The minimum atomic E-state index is -3.38. The molecule has 1 aromatic carbocycles. The molecule has 0 atom stereocenters. The van der Waals surface area contributed by atoms with E-state index in [9.17, 15) is 8.42 Å². The first-order chi connectivity index (χ1) is 8.47. The van der Waals surface area contributed by atoms with Gasteiger partial charge >= 0.3 is 0 Å². The third-order valence-corrected chi connectivity index (χ3v) is 5.16. The summed E-state index contributed by atoms with van der Waals surface area (Å²) in [6, 6.07) is 6.89. The lowest BCUT2D eigenvalue weighted by Gasteiger charge is -2.14. The van der Waals surface area contributed by atoms with Crippen LogP contribution < -0.4 is 4.72 Å². The molecule has 100 valence electrons. The molecule has 1 aromatic rings. The summed E-state index contributed by atoms with van der Waals surface area (Å²) in [6.45, 7) is 2.43. The first-order valence-corrected chi connectivity index (χ1v) is 8.12. The molecule has 0 amide bonds. The molecule has 1 aliphatic carbocycles. The molecule has 1 aliphatic rings. The number of sulfonamides is 1. The summed E-state index contributed by atoms with van der Waals surface area (Å²) in [6.07, 6.45) is 3.01.